The van der Waals surface area contributed by atoms with Crippen LogP contribution in [0.3, 0.4) is 0 Å². The summed E-state index contributed by atoms with van der Waals surface area (Å²) in [6, 6.07) is 10.3. The highest BCUT2D eigenvalue weighted by Crippen LogP contribution is 2.43. The zero-order chi connectivity index (χ0) is 30.1. The maximum atomic E-state index is 14.5. The molecule has 0 saturated carbocycles. The first-order valence-electron chi connectivity index (χ1n) is 12.1. The van der Waals surface area contributed by atoms with Crippen molar-refractivity contribution in [2.45, 2.75) is 36.9 Å². The fourth-order valence-corrected chi connectivity index (χ4v) is 6.42. The average Bonchev–Trinajstić information content (AvgIpc) is 2.91. The predicted octanol–water partition coefficient (Wildman–Crippen LogP) is 7.62. The first kappa shape index (κ1) is 30.7. The molecule has 41 heavy (non-hydrogen) atoms. The van der Waals surface area contributed by atoms with Gasteiger partial charge in [0.05, 0.1) is 39.8 Å². The van der Waals surface area contributed by atoms with Gasteiger partial charge in [0.25, 0.3) is 10.0 Å². The van der Waals surface area contributed by atoms with Gasteiger partial charge >= 0.3 is 12.1 Å². The van der Waals surface area contributed by atoms with Gasteiger partial charge in [-0.15, -0.1) is 0 Å². The standard InChI is InChI=1S/C28H23Cl2F4NO5S/c1-16(27-21(29)7-4-8-23(27)31)11-17-12-24-25(14-22(17)30)40-19(9-10-26(36)39-2)15-35(24)41(37,38)20-6-3-5-18(13-20)28(32,33)34/h3-8,11-14,19H,9-10,15H2,1-2H3/b16-11+. The first-order chi connectivity index (χ1) is 19.2. The number of anilines is 1. The van der Waals surface area contributed by atoms with Gasteiger partial charge < -0.3 is 9.47 Å². The lowest BCUT2D eigenvalue weighted by Crippen LogP contribution is -2.43. The van der Waals surface area contributed by atoms with Crippen LogP contribution in [-0.2, 0) is 25.7 Å². The Morgan fingerprint density at radius 1 is 1.12 bits per heavy atom. The van der Waals surface area contributed by atoms with E-state index in [2.05, 4.69) is 4.74 Å². The number of sulfonamides is 1. The number of hydrogen-bond acceptors (Lipinski definition) is 5. The Morgan fingerprint density at radius 2 is 1.83 bits per heavy atom. The molecule has 0 fully saturated rings. The van der Waals surface area contributed by atoms with Crippen LogP contribution in [0.2, 0.25) is 10.0 Å². The molecule has 0 spiro atoms. The Kier molecular flexibility index (Phi) is 8.91. The molecule has 0 radical (unpaired) electrons. The number of fused-ring (bicyclic) bond motifs is 1. The zero-order valence-corrected chi connectivity index (χ0v) is 24.0. The maximum absolute atomic E-state index is 14.5. The second-order valence-electron chi connectivity index (χ2n) is 9.18. The van der Waals surface area contributed by atoms with Crippen molar-refractivity contribution in [3.05, 3.63) is 87.2 Å². The number of ether oxygens (including phenoxy) is 2. The van der Waals surface area contributed by atoms with Gasteiger partial charge in [-0.3, -0.25) is 9.10 Å². The number of nitrogens with zero attached hydrogens (tertiary/aromatic N) is 1. The van der Waals surface area contributed by atoms with Crippen molar-refractivity contribution < 1.29 is 40.2 Å². The van der Waals surface area contributed by atoms with Gasteiger partial charge in [0.15, 0.2) is 0 Å². The molecule has 4 rings (SSSR count). The Labute approximate surface area is 244 Å². The molecule has 0 amide bonds. The molecule has 1 aliphatic heterocycles. The molecule has 1 heterocycles. The number of rotatable bonds is 7. The molecule has 1 aliphatic rings. The molecule has 218 valence electrons. The summed E-state index contributed by atoms with van der Waals surface area (Å²) in [5, 5.41) is 0.277. The Hall–Kier alpha value is -3.28. The minimum Gasteiger partial charge on any atom is -0.486 e. The molecule has 1 atom stereocenters. The minimum atomic E-state index is -4.77. The highest BCUT2D eigenvalue weighted by Gasteiger charge is 2.37. The molecule has 3 aromatic carbocycles. The number of alkyl halides is 3. The third-order valence-corrected chi connectivity index (χ3v) is 8.80. The number of hydrogen-bond donors (Lipinski definition) is 0. The second kappa shape index (κ2) is 11.9. The van der Waals surface area contributed by atoms with Crippen LogP contribution in [0.1, 0.15) is 36.5 Å². The van der Waals surface area contributed by atoms with E-state index in [9.17, 15) is 30.8 Å². The van der Waals surface area contributed by atoms with Gasteiger partial charge in [0, 0.05) is 18.1 Å². The first-order valence-corrected chi connectivity index (χ1v) is 14.3. The number of allylic oxidation sites excluding steroid dienone is 1. The molecule has 6 nitrogen and oxygen atoms in total. The van der Waals surface area contributed by atoms with E-state index in [1.807, 2.05) is 0 Å². The average molecular weight is 632 g/mol. The van der Waals surface area contributed by atoms with Crippen molar-refractivity contribution in [2.75, 3.05) is 18.0 Å². The van der Waals surface area contributed by atoms with Crippen molar-refractivity contribution in [1.29, 1.82) is 0 Å². The van der Waals surface area contributed by atoms with Crippen LogP contribution in [0.5, 0.6) is 5.75 Å². The molecule has 0 aliphatic carbocycles. The largest absolute Gasteiger partial charge is 0.486 e. The van der Waals surface area contributed by atoms with Crippen LogP contribution >= 0.6 is 23.2 Å². The van der Waals surface area contributed by atoms with Gasteiger partial charge in [-0.1, -0.05) is 35.3 Å². The Bertz CT molecular complexity index is 1610. The number of carbonyl (C=O) groups is 1. The summed E-state index contributed by atoms with van der Waals surface area (Å²) >= 11 is 12.7. The van der Waals surface area contributed by atoms with E-state index in [0.29, 0.717) is 11.6 Å². The molecule has 0 aromatic heterocycles. The summed E-state index contributed by atoms with van der Waals surface area (Å²) < 4.78 is 93.8. The number of methoxy groups -OCH3 is 1. The van der Waals surface area contributed by atoms with E-state index in [1.165, 1.54) is 43.5 Å². The van der Waals surface area contributed by atoms with Gasteiger partial charge in [-0.25, -0.2) is 12.8 Å². The number of carbonyl (C=O) groups excluding carboxylic acids is 1. The molecule has 1 unspecified atom stereocenters. The fraction of sp³-hybridized carbons (Fsp3) is 0.250. The summed E-state index contributed by atoms with van der Waals surface area (Å²) in [6.45, 7) is 1.28. The highest BCUT2D eigenvalue weighted by atomic mass is 35.5. The molecule has 0 N–H and O–H groups in total. The van der Waals surface area contributed by atoms with E-state index in [-0.39, 0.29) is 52.0 Å². The van der Waals surface area contributed by atoms with Crippen molar-refractivity contribution in [2.24, 2.45) is 0 Å². The van der Waals surface area contributed by atoms with Crippen LogP contribution in [0, 0.1) is 5.82 Å². The summed E-state index contributed by atoms with van der Waals surface area (Å²) in [6.07, 6.45) is -4.14. The van der Waals surface area contributed by atoms with E-state index < -0.39 is 44.5 Å². The maximum Gasteiger partial charge on any atom is 0.416 e. The van der Waals surface area contributed by atoms with Crippen molar-refractivity contribution in [1.82, 2.24) is 0 Å². The third-order valence-electron chi connectivity index (χ3n) is 6.39. The highest BCUT2D eigenvalue weighted by molar-refractivity contribution is 7.92. The molecule has 3 aromatic rings. The quantitative estimate of drug-likeness (QED) is 0.152. The molecule has 0 saturated heterocycles. The van der Waals surface area contributed by atoms with Gasteiger partial charge in [-0.2, -0.15) is 13.2 Å². The molecular formula is C28H23Cl2F4NO5S. The van der Waals surface area contributed by atoms with E-state index in [0.717, 1.165) is 22.5 Å². The van der Waals surface area contributed by atoms with E-state index in [4.69, 9.17) is 27.9 Å². The van der Waals surface area contributed by atoms with Crippen molar-refractivity contribution in [3.63, 3.8) is 0 Å². The lowest BCUT2D eigenvalue weighted by Gasteiger charge is -2.36. The zero-order valence-electron chi connectivity index (χ0n) is 21.6. The van der Waals surface area contributed by atoms with E-state index in [1.54, 1.807) is 6.92 Å². The van der Waals surface area contributed by atoms with Crippen LogP contribution in [0.4, 0.5) is 23.2 Å². The SMILES string of the molecule is COC(=O)CCC1CN(S(=O)(=O)c2cccc(C(F)(F)F)c2)c2cc(/C=C(\C)c3c(F)cccc3Cl)c(Cl)cc2O1. The van der Waals surface area contributed by atoms with Gasteiger partial charge in [-0.05, 0) is 67.0 Å². The molecular weight excluding hydrogens is 609 g/mol. The van der Waals surface area contributed by atoms with Crippen molar-refractivity contribution in [3.8, 4) is 5.75 Å². The summed E-state index contributed by atoms with van der Waals surface area (Å²) in [7, 11) is -3.36. The smallest absolute Gasteiger partial charge is 0.416 e. The topological polar surface area (TPSA) is 72.9 Å². The lowest BCUT2D eigenvalue weighted by atomic mass is 10.0. The van der Waals surface area contributed by atoms with Crippen LogP contribution in [-0.4, -0.2) is 34.1 Å². The summed E-state index contributed by atoms with van der Waals surface area (Å²) in [5.41, 5.74) is -0.347. The second-order valence-corrected chi connectivity index (χ2v) is 11.9. The molecule has 0 bridgehead atoms. The van der Waals surface area contributed by atoms with Crippen LogP contribution in [0.15, 0.2) is 59.5 Å². The predicted molar refractivity (Wildman–Crippen MR) is 148 cm³/mol. The van der Waals surface area contributed by atoms with Crippen molar-refractivity contribution >= 4 is 56.5 Å². The minimum absolute atomic E-state index is 0.000176. The van der Waals surface area contributed by atoms with Gasteiger partial charge in [0.1, 0.15) is 17.7 Å². The normalized spacial score (nSPS) is 15.8. The number of esters is 1. The summed E-state index contributed by atoms with van der Waals surface area (Å²) in [5.74, 6) is -1.09. The Balaban J connectivity index is 1.83. The van der Waals surface area contributed by atoms with Crippen LogP contribution < -0.4 is 9.04 Å². The fourth-order valence-electron chi connectivity index (χ4n) is 4.36. The van der Waals surface area contributed by atoms with Gasteiger partial charge in [0.2, 0.25) is 0 Å². The number of benzene rings is 3. The Morgan fingerprint density at radius 3 is 2.49 bits per heavy atom. The third kappa shape index (κ3) is 6.63. The van der Waals surface area contributed by atoms with Crippen LogP contribution in [0.25, 0.3) is 11.6 Å². The lowest BCUT2D eigenvalue weighted by molar-refractivity contribution is -0.141. The molecule has 13 heteroatoms. The summed E-state index contributed by atoms with van der Waals surface area (Å²) in [4.78, 5) is 11.1. The monoisotopic (exact) mass is 631 g/mol. The van der Waals surface area contributed by atoms with E-state index >= 15 is 0 Å². The number of halogens is 6.